The van der Waals surface area contributed by atoms with Crippen molar-refractivity contribution in [2.75, 3.05) is 23.7 Å². The Kier molecular flexibility index (Phi) is 7.07. The summed E-state index contributed by atoms with van der Waals surface area (Å²) in [7, 11) is -2.38. The number of rotatable bonds is 8. The number of anilines is 2. The molecule has 0 unspecified atom stereocenters. The number of nitrogens with one attached hydrogen (secondary N) is 2. The molecule has 3 aromatic rings. The van der Waals surface area contributed by atoms with E-state index in [1.54, 1.807) is 24.3 Å². The summed E-state index contributed by atoms with van der Waals surface area (Å²) in [6.45, 7) is 3.16. The Hall–Kier alpha value is -3.85. The largest absolute Gasteiger partial charge is 0.495 e. The third-order valence-corrected chi connectivity index (χ3v) is 7.16. The zero-order chi connectivity index (χ0) is 25.0. The van der Waals surface area contributed by atoms with Gasteiger partial charge in [0, 0.05) is 30.8 Å². The van der Waals surface area contributed by atoms with Gasteiger partial charge in [0.25, 0.3) is 15.9 Å². The monoisotopic (exact) mass is 493 g/mol. The summed E-state index contributed by atoms with van der Waals surface area (Å²) >= 11 is 0. The number of benzene rings is 3. The van der Waals surface area contributed by atoms with Crippen LogP contribution in [0, 0.1) is 6.92 Å². The van der Waals surface area contributed by atoms with Gasteiger partial charge in [0.15, 0.2) is 0 Å². The molecule has 3 aromatic carbocycles. The lowest BCUT2D eigenvalue weighted by atomic mass is 10.1. The second kappa shape index (κ2) is 10.2. The smallest absolute Gasteiger partial charge is 0.262 e. The summed E-state index contributed by atoms with van der Waals surface area (Å²) in [5.74, 6) is 0.263. The number of sulfonamides is 1. The second-order valence-corrected chi connectivity index (χ2v) is 10.1. The third-order valence-electron chi connectivity index (χ3n) is 5.78. The van der Waals surface area contributed by atoms with Gasteiger partial charge in [0.2, 0.25) is 5.91 Å². The van der Waals surface area contributed by atoms with Crippen molar-refractivity contribution in [3.05, 3.63) is 83.4 Å². The van der Waals surface area contributed by atoms with Gasteiger partial charge < -0.3 is 15.0 Å². The predicted molar refractivity (Wildman–Crippen MR) is 134 cm³/mol. The highest BCUT2D eigenvalue weighted by molar-refractivity contribution is 7.92. The highest BCUT2D eigenvalue weighted by atomic mass is 32.2. The van der Waals surface area contributed by atoms with E-state index >= 15 is 0 Å². The van der Waals surface area contributed by atoms with E-state index in [-0.39, 0.29) is 16.7 Å². The molecular weight excluding hydrogens is 466 g/mol. The van der Waals surface area contributed by atoms with Crippen LogP contribution < -0.4 is 14.8 Å². The number of nitrogens with zero attached hydrogens (tertiary/aromatic N) is 1. The van der Waals surface area contributed by atoms with Crippen molar-refractivity contribution in [1.29, 1.82) is 0 Å². The van der Waals surface area contributed by atoms with E-state index in [1.807, 2.05) is 30.0 Å². The summed E-state index contributed by atoms with van der Waals surface area (Å²) < 4.78 is 33.5. The third kappa shape index (κ3) is 5.81. The minimum Gasteiger partial charge on any atom is -0.495 e. The summed E-state index contributed by atoms with van der Waals surface area (Å²) in [4.78, 5) is 26.3. The maximum atomic E-state index is 12.8. The number of likely N-dealkylation sites (tertiary alicyclic amines) is 1. The van der Waals surface area contributed by atoms with Crippen molar-refractivity contribution in [3.8, 4) is 5.75 Å². The Morgan fingerprint density at radius 2 is 1.74 bits per heavy atom. The first-order valence-corrected chi connectivity index (χ1v) is 12.7. The zero-order valence-corrected chi connectivity index (χ0v) is 20.4. The summed E-state index contributed by atoms with van der Waals surface area (Å²) in [5.41, 5.74) is 3.13. The topological polar surface area (TPSA) is 105 Å². The van der Waals surface area contributed by atoms with Gasteiger partial charge in [0.1, 0.15) is 5.75 Å². The molecule has 0 aromatic heterocycles. The molecule has 1 saturated heterocycles. The van der Waals surface area contributed by atoms with Gasteiger partial charge in [-0.2, -0.15) is 0 Å². The van der Waals surface area contributed by atoms with Crippen molar-refractivity contribution in [2.24, 2.45) is 0 Å². The van der Waals surface area contributed by atoms with E-state index in [0.717, 1.165) is 24.1 Å². The van der Waals surface area contributed by atoms with Crippen molar-refractivity contribution in [2.45, 2.75) is 31.2 Å². The molecule has 9 heteroatoms. The fourth-order valence-electron chi connectivity index (χ4n) is 3.88. The van der Waals surface area contributed by atoms with E-state index < -0.39 is 10.0 Å². The van der Waals surface area contributed by atoms with Gasteiger partial charge in [-0.05, 0) is 73.0 Å². The molecule has 1 aliphatic heterocycles. The Labute approximate surface area is 205 Å². The minimum absolute atomic E-state index is 0.0554. The van der Waals surface area contributed by atoms with Crippen LogP contribution in [0.15, 0.2) is 71.6 Å². The van der Waals surface area contributed by atoms with Crippen LogP contribution in [0.2, 0.25) is 0 Å². The van der Waals surface area contributed by atoms with Crippen LogP contribution in [0.25, 0.3) is 0 Å². The highest BCUT2D eigenvalue weighted by Crippen LogP contribution is 2.28. The Morgan fingerprint density at radius 3 is 2.37 bits per heavy atom. The molecule has 1 fully saturated rings. The Bertz CT molecular complexity index is 1340. The second-order valence-electron chi connectivity index (χ2n) is 8.40. The van der Waals surface area contributed by atoms with E-state index in [0.29, 0.717) is 35.7 Å². The van der Waals surface area contributed by atoms with E-state index in [1.165, 1.54) is 31.4 Å². The first-order valence-electron chi connectivity index (χ1n) is 11.2. The molecule has 35 heavy (non-hydrogen) atoms. The van der Waals surface area contributed by atoms with Gasteiger partial charge in [-0.15, -0.1) is 0 Å². The van der Waals surface area contributed by atoms with Crippen LogP contribution in [-0.2, 0) is 21.4 Å². The predicted octanol–water partition coefficient (Wildman–Crippen LogP) is 4.18. The number of carbonyl (C=O) groups is 2. The van der Waals surface area contributed by atoms with Gasteiger partial charge >= 0.3 is 0 Å². The van der Waals surface area contributed by atoms with Crippen LogP contribution in [0.5, 0.6) is 5.75 Å². The maximum Gasteiger partial charge on any atom is 0.262 e. The first kappa shape index (κ1) is 24.3. The zero-order valence-electron chi connectivity index (χ0n) is 19.6. The first-order chi connectivity index (χ1) is 16.7. The van der Waals surface area contributed by atoms with E-state index in [4.69, 9.17) is 4.74 Å². The number of hydrogen-bond donors (Lipinski definition) is 2. The van der Waals surface area contributed by atoms with Gasteiger partial charge in [-0.25, -0.2) is 8.42 Å². The number of aryl methyl sites for hydroxylation is 1. The average molecular weight is 494 g/mol. The van der Waals surface area contributed by atoms with Crippen LogP contribution in [-0.4, -0.2) is 38.8 Å². The molecule has 8 nitrogen and oxygen atoms in total. The molecule has 2 N–H and O–H groups in total. The quantitative estimate of drug-likeness (QED) is 0.490. The number of methoxy groups -OCH3 is 1. The van der Waals surface area contributed by atoms with Crippen LogP contribution >= 0.6 is 0 Å². The number of hydrogen-bond acceptors (Lipinski definition) is 5. The normalized spacial score (nSPS) is 13.5. The van der Waals surface area contributed by atoms with Crippen molar-refractivity contribution in [1.82, 2.24) is 4.90 Å². The minimum atomic E-state index is -3.85. The fourth-order valence-corrected chi connectivity index (χ4v) is 4.94. The fraction of sp³-hybridized carbons (Fsp3) is 0.231. The summed E-state index contributed by atoms with van der Waals surface area (Å²) in [6, 6.07) is 18.2. The van der Waals surface area contributed by atoms with E-state index in [9.17, 15) is 18.0 Å². The molecule has 182 valence electrons. The van der Waals surface area contributed by atoms with Crippen LogP contribution in [0.3, 0.4) is 0 Å². The number of carbonyl (C=O) groups excluding carboxylic acids is 2. The number of amides is 2. The molecule has 0 bridgehead atoms. The lowest BCUT2D eigenvalue weighted by Crippen LogP contribution is -2.23. The molecule has 0 saturated carbocycles. The molecular formula is C26H27N3O5S. The molecule has 1 heterocycles. The van der Waals surface area contributed by atoms with Crippen molar-refractivity contribution >= 4 is 33.2 Å². The Balaban J connectivity index is 1.40. The van der Waals surface area contributed by atoms with Crippen LogP contribution in [0.1, 0.15) is 34.3 Å². The molecule has 0 atom stereocenters. The average Bonchev–Trinajstić information content (AvgIpc) is 3.24. The van der Waals surface area contributed by atoms with Crippen LogP contribution in [0.4, 0.5) is 11.4 Å². The molecule has 1 aliphatic rings. The molecule has 2 amide bonds. The van der Waals surface area contributed by atoms with E-state index in [2.05, 4.69) is 10.0 Å². The molecule has 0 radical (unpaired) electrons. The molecule has 0 aliphatic carbocycles. The van der Waals surface area contributed by atoms with Crippen molar-refractivity contribution in [3.63, 3.8) is 0 Å². The lowest BCUT2D eigenvalue weighted by molar-refractivity contribution is -0.128. The Morgan fingerprint density at radius 1 is 1.03 bits per heavy atom. The molecule has 0 spiro atoms. The maximum absolute atomic E-state index is 12.8. The lowest BCUT2D eigenvalue weighted by Gasteiger charge is -2.15. The van der Waals surface area contributed by atoms with Gasteiger partial charge in [-0.1, -0.05) is 18.2 Å². The van der Waals surface area contributed by atoms with Gasteiger partial charge in [-0.3, -0.25) is 14.3 Å². The summed E-state index contributed by atoms with van der Waals surface area (Å²) in [5, 5.41) is 2.77. The summed E-state index contributed by atoms with van der Waals surface area (Å²) in [6.07, 6.45) is 1.48. The molecule has 4 rings (SSSR count). The highest BCUT2D eigenvalue weighted by Gasteiger charge is 2.20. The number of ether oxygens (including phenoxy) is 1. The SMILES string of the molecule is COc1ccc(C)cc1NS(=O)(=O)c1ccc(NC(=O)c2ccc(CN3CCCC3=O)cc2)cc1. The van der Waals surface area contributed by atoms with Gasteiger partial charge in [0.05, 0.1) is 17.7 Å². The van der Waals surface area contributed by atoms with Crippen molar-refractivity contribution < 1.29 is 22.7 Å². The standard InChI is InChI=1S/C26H27N3O5S/c1-18-5-14-24(34-2)23(16-18)28-35(32,33)22-12-10-21(11-13-22)27-26(31)20-8-6-19(7-9-20)17-29-15-3-4-25(29)30/h5-14,16,28H,3-4,15,17H2,1-2H3,(H,27,31).